The van der Waals surface area contributed by atoms with Crippen LogP contribution in [-0.4, -0.2) is 39.6 Å². The highest BCUT2D eigenvalue weighted by Crippen LogP contribution is 2.32. The largest absolute Gasteiger partial charge is 0.310 e. The van der Waals surface area contributed by atoms with E-state index in [1.54, 1.807) is 43.7 Å². The summed E-state index contributed by atoms with van der Waals surface area (Å²) in [7, 11) is 1.45. The van der Waals surface area contributed by atoms with Crippen LogP contribution in [0.4, 0.5) is 5.82 Å². The molecule has 7 heteroatoms. The molecule has 30 heavy (non-hydrogen) atoms. The normalized spacial score (nSPS) is 13.9. The van der Waals surface area contributed by atoms with Crippen LogP contribution < -0.4 is 5.32 Å². The second kappa shape index (κ2) is 7.51. The van der Waals surface area contributed by atoms with Gasteiger partial charge in [0.05, 0.1) is 17.0 Å². The van der Waals surface area contributed by atoms with Crippen LogP contribution in [0.1, 0.15) is 44.7 Å². The number of hydrogen-bond donors (Lipinski definition) is 1. The standard InChI is InChI=1S/C23H20N4O3/c1-13-9-17(20-18(10-13)22(29)27(3)23(20)30)14(2)21(28)26-19-7-6-16(12-25-19)15-5-4-8-24-11-15/h4-12,14H,1-3H3,(H,25,26,28)/t14-/m1/s1. The van der Waals surface area contributed by atoms with Crippen LogP contribution in [0.2, 0.25) is 0 Å². The maximum atomic E-state index is 12.9. The molecule has 0 saturated carbocycles. The highest BCUT2D eigenvalue weighted by atomic mass is 16.2. The third kappa shape index (κ3) is 3.34. The first-order chi connectivity index (χ1) is 14.4. The van der Waals surface area contributed by atoms with Crippen LogP contribution in [0.3, 0.4) is 0 Å². The molecule has 0 bridgehead atoms. The SMILES string of the molecule is Cc1cc2c(c([C@@H](C)C(=O)Nc3ccc(-c4cccnc4)cn3)c1)C(=O)N(C)C2=O. The molecule has 1 N–H and O–H groups in total. The fourth-order valence-electron chi connectivity index (χ4n) is 3.55. The molecule has 0 fully saturated rings. The lowest BCUT2D eigenvalue weighted by molar-refractivity contribution is -0.117. The average Bonchev–Trinajstić information content (AvgIpc) is 2.97. The van der Waals surface area contributed by atoms with Gasteiger partial charge in [-0.1, -0.05) is 12.1 Å². The summed E-state index contributed by atoms with van der Waals surface area (Å²) in [6, 6.07) is 10.8. The van der Waals surface area contributed by atoms with Crippen molar-refractivity contribution in [1.82, 2.24) is 14.9 Å². The number of rotatable bonds is 4. The predicted octanol–water partition coefficient (Wildman–Crippen LogP) is 3.42. The number of anilines is 1. The Morgan fingerprint density at radius 1 is 1.07 bits per heavy atom. The molecule has 1 aliphatic heterocycles. The van der Waals surface area contributed by atoms with Gasteiger partial charge in [-0.15, -0.1) is 0 Å². The number of aromatic nitrogens is 2. The second-order valence-electron chi connectivity index (χ2n) is 7.33. The molecule has 0 unspecified atom stereocenters. The van der Waals surface area contributed by atoms with Crippen LogP contribution in [0.5, 0.6) is 0 Å². The Balaban J connectivity index is 1.58. The Hall–Kier alpha value is -3.87. The molecule has 0 saturated heterocycles. The second-order valence-corrected chi connectivity index (χ2v) is 7.33. The number of hydrogen-bond acceptors (Lipinski definition) is 5. The minimum absolute atomic E-state index is 0.302. The fraction of sp³-hybridized carbons (Fsp3) is 0.174. The Morgan fingerprint density at radius 3 is 2.50 bits per heavy atom. The number of pyridine rings is 2. The van der Waals surface area contributed by atoms with Crippen LogP contribution in [0.15, 0.2) is 55.0 Å². The van der Waals surface area contributed by atoms with E-state index in [1.165, 1.54) is 7.05 Å². The van der Waals surface area contributed by atoms with Gasteiger partial charge in [-0.05, 0) is 49.2 Å². The predicted molar refractivity (Wildman–Crippen MR) is 112 cm³/mol. The van der Waals surface area contributed by atoms with E-state index in [2.05, 4.69) is 15.3 Å². The van der Waals surface area contributed by atoms with Crippen LogP contribution >= 0.6 is 0 Å². The number of benzene rings is 1. The van der Waals surface area contributed by atoms with Gasteiger partial charge in [0.15, 0.2) is 0 Å². The van der Waals surface area contributed by atoms with Crippen molar-refractivity contribution in [2.75, 3.05) is 12.4 Å². The minimum atomic E-state index is -0.637. The topological polar surface area (TPSA) is 92.3 Å². The van der Waals surface area contributed by atoms with Crippen molar-refractivity contribution in [2.24, 2.45) is 0 Å². The quantitative estimate of drug-likeness (QED) is 0.678. The lowest BCUT2D eigenvalue weighted by Crippen LogP contribution is -2.25. The van der Waals surface area contributed by atoms with E-state index in [-0.39, 0.29) is 17.7 Å². The molecule has 3 amide bonds. The molecule has 7 nitrogen and oxygen atoms in total. The maximum absolute atomic E-state index is 12.9. The Bertz CT molecular complexity index is 1160. The Morgan fingerprint density at radius 2 is 1.83 bits per heavy atom. The zero-order chi connectivity index (χ0) is 21.4. The van der Waals surface area contributed by atoms with E-state index in [1.807, 2.05) is 25.1 Å². The van der Waals surface area contributed by atoms with Crippen LogP contribution in [-0.2, 0) is 4.79 Å². The van der Waals surface area contributed by atoms with Gasteiger partial charge in [-0.25, -0.2) is 4.98 Å². The zero-order valence-corrected chi connectivity index (χ0v) is 16.8. The zero-order valence-electron chi connectivity index (χ0n) is 16.8. The first-order valence-corrected chi connectivity index (χ1v) is 9.51. The molecule has 1 aliphatic rings. The van der Waals surface area contributed by atoms with Gasteiger partial charge in [0.1, 0.15) is 5.82 Å². The average molecular weight is 400 g/mol. The fourth-order valence-corrected chi connectivity index (χ4v) is 3.55. The summed E-state index contributed by atoms with van der Waals surface area (Å²) in [6.45, 7) is 3.55. The lowest BCUT2D eigenvalue weighted by Gasteiger charge is -2.16. The van der Waals surface area contributed by atoms with Crippen molar-refractivity contribution in [3.05, 3.63) is 77.2 Å². The first-order valence-electron chi connectivity index (χ1n) is 9.51. The number of aryl methyl sites for hydroxylation is 1. The molecule has 150 valence electrons. The summed E-state index contributed by atoms with van der Waals surface area (Å²) >= 11 is 0. The van der Waals surface area contributed by atoms with Gasteiger partial charge in [-0.3, -0.25) is 24.3 Å². The molecular formula is C23H20N4O3. The number of imide groups is 1. The van der Waals surface area contributed by atoms with E-state index < -0.39 is 5.92 Å². The third-order valence-electron chi connectivity index (χ3n) is 5.24. The number of carbonyl (C=O) groups is 3. The van der Waals surface area contributed by atoms with Gasteiger partial charge >= 0.3 is 0 Å². The van der Waals surface area contributed by atoms with Crippen LogP contribution in [0, 0.1) is 6.92 Å². The Labute approximate surface area is 173 Å². The van der Waals surface area contributed by atoms with Gasteiger partial charge in [0.2, 0.25) is 5.91 Å². The minimum Gasteiger partial charge on any atom is -0.310 e. The van der Waals surface area contributed by atoms with Crippen molar-refractivity contribution in [3.8, 4) is 11.1 Å². The highest BCUT2D eigenvalue weighted by Gasteiger charge is 2.37. The smallest absolute Gasteiger partial charge is 0.261 e. The van der Waals surface area contributed by atoms with Gasteiger partial charge in [0, 0.05) is 36.8 Å². The van der Waals surface area contributed by atoms with Crippen LogP contribution in [0.25, 0.3) is 11.1 Å². The van der Waals surface area contributed by atoms with E-state index in [9.17, 15) is 14.4 Å². The van der Waals surface area contributed by atoms with E-state index in [0.29, 0.717) is 22.5 Å². The molecule has 0 spiro atoms. The molecule has 1 atom stereocenters. The summed E-state index contributed by atoms with van der Waals surface area (Å²) in [4.78, 5) is 47.2. The molecule has 4 rings (SSSR count). The van der Waals surface area contributed by atoms with Crippen molar-refractivity contribution >= 4 is 23.5 Å². The summed E-state index contributed by atoms with van der Waals surface area (Å²) in [5.41, 5.74) is 3.82. The third-order valence-corrected chi connectivity index (χ3v) is 5.24. The molecule has 1 aromatic carbocycles. The number of nitrogens with zero attached hydrogens (tertiary/aromatic N) is 3. The summed E-state index contributed by atoms with van der Waals surface area (Å²) in [5.74, 6) is -1.27. The molecular weight excluding hydrogens is 380 g/mol. The van der Waals surface area contributed by atoms with Crippen molar-refractivity contribution in [1.29, 1.82) is 0 Å². The molecule has 3 heterocycles. The summed E-state index contributed by atoms with van der Waals surface area (Å²) < 4.78 is 0. The molecule has 0 radical (unpaired) electrons. The van der Waals surface area contributed by atoms with Gasteiger partial charge in [-0.2, -0.15) is 0 Å². The van der Waals surface area contributed by atoms with Crippen molar-refractivity contribution in [3.63, 3.8) is 0 Å². The maximum Gasteiger partial charge on any atom is 0.261 e. The van der Waals surface area contributed by atoms with Crippen molar-refractivity contribution in [2.45, 2.75) is 19.8 Å². The Kier molecular flexibility index (Phi) is 4.87. The summed E-state index contributed by atoms with van der Waals surface area (Å²) in [6.07, 6.45) is 5.11. The number of fused-ring (bicyclic) bond motifs is 1. The number of amides is 3. The molecule has 3 aromatic rings. The lowest BCUT2D eigenvalue weighted by atomic mass is 9.90. The number of nitrogens with one attached hydrogen (secondary N) is 1. The first kappa shape index (κ1) is 19.4. The van der Waals surface area contributed by atoms with E-state index >= 15 is 0 Å². The molecule has 0 aliphatic carbocycles. The van der Waals surface area contributed by atoms with E-state index in [4.69, 9.17) is 0 Å². The van der Waals surface area contributed by atoms with E-state index in [0.717, 1.165) is 21.6 Å². The number of carbonyl (C=O) groups excluding carboxylic acids is 3. The van der Waals surface area contributed by atoms with Crippen molar-refractivity contribution < 1.29 is 14.4 Å². The van der Waals surface area contributed by atoms with Gasteiger partial charge in [0.25, 0.3) is 11.8 Å². The summed E-state index contributed by atoms with van der Waals surface area (Å²) in [5, 5.41) is 2.79. The molecule has 2 aromatic heterocycles. The monoisotopic (exact) mass is 400 g/mol. The highest BCUT2D eigenvalue weighted by molar-refractivity contribution is 6.22. The van der Waals surface area contributed by atoms with Gasteiger partial charge < -0.3 is 5.32 Å².